The van der Waals surface area contributed by atoms with Crippen molar-refractivity contribution in [2.24, 2.45) is 0 Å². The Balaban J connectivity index is 1.98. The number of rotatable bonds is 10. The standard InChI is InChI=1S/C29H39NO7/c1-7-15-30(21-10-8-11-22(18-21)36-19-26(31)37-29(2,3)4)16-9-12-23(27(30)28(32)33)20-13-14-24(34-5)25(17-20)35-6/h8,10-11,13-14,17-18,23,27H,7,9,12,15-16,19H2,1-6H3/p+1/t23?,27-,30-/m0/s1. The smallest absolute Gasteiger partial charge is 0.363 e. The first-order valence-electron chi connectivity index (χ1n) is 12.8. The van der Waals surface area contributed by atoms with Crippen LogP contribution >= 0.6 is 0 Å². The predicted octanol–water partition coefficient (Wildman–Crippen LogP) is 5.17. The largest absolute Gasteiger partial charge is 0.493 e. The number of aliphatic carboxylic acids is 1. The molecule has 1 aliphatic rings. The molecule has 0 bridgehead atoms. The number of methoxy groups -OCH3 is 2. The second-order valence-electron chi connectivity index (χ2n) is 10.5. The SMILES string of the molecule is CCC[N@@+]1(c2cccc(OCC(=O)OC(C)(C)C)c2)CCCC(c2ccc(OC)c(OC)c2)[C@H]1C(=O)O. The zero-order valence-corrected chi connectivity index (χ0v) is 22.8. The number of carboxylic acids is 1. The highest BCUT2D eigenvalue weighted by Crippen LogP contribution is 2.44. The third-order valence-corrected chi connectivity index (χ3v) is 6.81. The number of carbonyl (C=O) groups is 2. The van der Waals surface area contributed by atoms with Crippen molar-refractivity contribution in [2.75, 3.05) is 33.9 Å². The van der Waals surface area contributed by atoms with Crippen LogP contribution in [0.25, 0.3) is 0 Å². The van der Waals surface area contributed by atoms with Crippen molar-refractivity contribution in [2.45, 2.75) is 64.5 Å². The molecular weight excluding hydrogens is 474 g/mol. The number of hydrogen-bond acceptors (Lipinski definition) is 6. The maximum absolute atomic E-state index is 12.9. The third-order valence-electron chi connectivity index (χ3n) is 6.81. The van der Waals surface area contributed by atoms with Crippen molar-refractivity contribution < 1.29 is 33.6 Å². The molecule has 0 aliphatic carbocycles. The van der Waals surface area contributed by atoms with Gasteiger partial charge >= 0.3 is 11.9 Å². The zero-order chi connectivity index (χ0) is 27.2. The van der Waals surface area contributed by atoms with Crippen LogP contribution in [0.3, 0.4) is 0 Å². The summed E-state index contributed by atoms with van der Waals surface area (Å²) in [7, 11) is 3.16. The summed E-state index contributed by atoms with van der Waals surface area (Å²) in [4.78, 5) is 25.1. The summed E-state index contributed by atoms with van der Waals surface area (Å²) in [5.74, 6) is 0.190. The molecule has 202 valence electrons. The van der Waals surface area contributed by atoms with E-state index in [9.17, 15) is 14.7 Å². The Kier molecular flexibility index (Phi) is 9.07. The molecule has 8 heteroatoms. The molecule has 1 unspecified atom stereocenters. The lowest BCUT2D eigenvalue weighted by molar-refractivity contribution is -0.157. The van der Waals surface area contributed by atoms with Crippen molar-refractivity contribution in [3.8, 4) is 17.2 Å². The van der Waals surface area contributed by atoms with Crippen LogP contribution < -0.4 is 18.7 Å². The third kappa shape index (κ3) is 6.55. The summed E-state index contributed by atoms with van der Waals surface area (Å²) < 4.78 is 22.3. The van der Waals surface area contributed by atoms with E-state index < -0.39 is 23.6 Å². The molecule has 0 saturated carbocycles. The van der Waals surface area contributed by atoms with Gasteiger partial charge in [0.2, 0.25) is 0 Å². The van der Waals surface area contributed by atoms with Gasteiger partial charge in [-0.1, -0.05) is 19.1 Å². The maximum atomic E-state index is 12.9. The molecule has 2 aromatic rings. The molecule has 3 rings (SSSR count). The Morgan fingerprint density at radius 1 is 1.05 bits per heavy atom. The Morgan fingerprint density at radius 2 is 1.78 bits per heavy atom. The van der Waals surface area contributed by atoms with Crippen LogP contribution in [0.15, 0.2) is 42.5 Å². The first kappa shape index (κ1) is 28.3. The van der Waals surface area contributed by atoms with Crippen molar-refractivity contribution in [3.63, 3.8) is 0 Å². The molecule has 1 fully saturated rings. The van der Waals surface area contributed by atoms with Gasteiger partial charge in [0, 0.05) is 12.0 Å². The van der Waals surface area contributed by atoms with E-state index in [1.165, 1.54) is 0 Å². The lowest BCUT2D eigenvalue weighted by Gasteiger charge is -2.48. The van der Waals surface area contributed by atoms with Crippen molar-refractivity contribution in [1.29, 1.82) is 0 Å². The Morgan fingerprint density at radius 3 is 2.41 bits per heavy atom. The molecule has 2 aromatic carbocycles. The Bertz CT molecular complexity index is 1090. The molecule has 1 heterocycles. The summed E-state index contributed by atoms with van der Waals surface area (Å²) in [6.07, 6.45) is 2.43. The quantitative estimate of drug-likeness (QED) is 0.345. The second-order valence-corrected chi connectivity index (χ2v) is 10.5. The van der Waals surface area contributed by atoms with E-state index in [1.807, 2.05) is 36.4 Å². The number of likely N-dealkylation sites (tertiary alicyclic amines) is 1. The molecule has 0 radical (unpaired) electrons. The van der Waals surface area contributed by atoms with Gasteiger partial charge in [0.25, 0.3) is 0 Å². The molecule has 1 N–H and O–H groups in total. The molecule has 0 spiro atoms. The average molecular weight is 515 g/mol. The highest BCUT2D eigenvalue weighted by atomic mass is 16.6. The van der Waals surface area contributed by atoms with Gasteiger partial charge in [0.15, 0.2) is 24.1 Å². The van der Waals surface area contributed by atoms with E-state index in [0.717, 1.165) is 30.5 Å². The maximum Gasteiger partial charge on any atom is 0.363 e. The fourth-order valence-electron chi connectivity index (χ4n) is 5.48. The number of hydrogen-bond donors (Lipinski definition) is 1. The fourth-order valence-corrected chi connectivity index (χ4v) is 5.48. The number of benzene rings is 2. The number of carbonyl (C=O) groups excluding carboxylic acids is 1. The average Bonchev–Trinajstić information content (AvgIpc) is 2.86. The van der Waals surface area contributed by atoms with E-state index in [-0.39, 0.29) is 12.5 Å². The molecule has 8 nitrogen and oxygen atoms in total. The number of piperidine rings is 1. The van der Waals surface area contributed by atoms with E-state index in [0.29, 0.717) is 34.8 Å². The van der Waals surface area contributed by atoms with Gasteiger partial charge < -0.3 is 24.1 Å². The highest BCUT2D eigenvalue weighted by Gasteiger charge is 2.51. The van der Waals surface area contributed by atoms with E-state index in [4.69, 9.17) is 18.9 Å². The normalized spacial score (nSPS) is 21.7. The van der Waals surface area contributed by atoms with Gasteiger partial charge in [-0.2, -0.15) is 0 Å². The first-order valence-corrected chi connectivity index (χ1v) is 12.8. The summed E-state index contributed by atoms with van der Waals surface area (Å²) in [6.45, 7) is 8.64. The van der Waals surface area contributed by atoms with E-state index >= 15 is 0 Å². The highest BCUT2D eigenvalue weighted by molar-refractivity contribution is 5.79. The molecule has 3 atom stereocenters. The fraction of sp³-hybridized carbons (Fsp3) is 0.517. The van der Waals surface area contributed by atoms with Crippen LogP contribution in [0, 0.1) is 0 Å². The Hall–Kier alpha value is -3.26. The van der Waals surface area contributed by atoms with Crippen LogP contribution in [0.2, 0.25) is 0 Å². The molecule has 1 aliphatic heterocycles. The number of esters is 1. The number of ether oxygens (including phenoxy) is 4. The summed E-state index contributed by atoms with van der Waals surface area (Å²) in [5.41, 5.74) is 1.18. The van der Waals surface area contributed by atoms with Gasteiger partial charge in [-0.05, 0) is 69.9 Å². The minimum Gasteiger partial charge on any atom is -0.493 e. The number of nitrogens with zero attached hydrogens (tertiary/aromatic N) is 1. The lowest BCUT2D eigenvalue weighted by Crippen LogP contribution is -2.65. The lowest BCUT2D eigenvalue weighted by atomic mass is 9.80. The monoisotopic (exact) mass is 514 g/mol. The molecule has 0 amide bonds. The minimum atomic E-state index is -0.840. The van der Waals surface area contributed by atoms with Gasteiger partial charge in [0.05, 0.1) is 27.3 Å². The molecular formula is C29H40NO7+. The molecule has 37 heavy (non-hydrogen) atoms. The first-order chi connectivity index (χ1) is 17.5. The van der Waals surface area contributed by atoms with Crippen LogP contribution in [-0.2, 0) is 14.3 Å². The molecule has 1 saturated heterocycles. The Labute approximate surface area is 219 Å². The van der Waals surface area contributed by atoms with Crippen LogP contribution in [-0.4, -0.2) is 62.6 Å². The van der Waals surface area contributed by atoms with Crippen molar-refractivity contribution >= 4 is 17.6 Å². The van der Waals surface area contributed by atoms with Crippen molar-refractivity contribution in [3.05, 3.63) is 48.0 Å². The minimum absolute atomic E-state index is 0.217. The predicted molar refractivity (Wildman–Crippen MR) is 143 cm³/mol. The van der Waals surface area contributed by atoms with Gasteiger partial charge in [0.1, 0.15) is 17.0 Å². The van der Waals surface area contributed by atoms with Crippen LogP contribution in [0.5, 0.6) is 17.2 Å². The summed E-state index contributed by atoms with van der Waals surface area (Å²) >= 11 is 0. The van der Waals surface area contributed by atoms with E-state index in [2.05, 4.69) is 6.92 Å². The van der Waals surface area contributed by atoms with Gasteiger partial charge in [-0.15, -0.1) is 0 Å². The molecule has 0 aromatic heterocycles. The summed E-state index contributed by atoms with van der Waals surface area (Å²) in [5, 5.41) is 10.6. The second kappa shape index (κ2) is 11.9. The summed E-state index contributed by atoms with van der Waals surface area (Å²) in [6, 6.07) is 12.4. The van der Waals surface area contributed by atoms with Crippen molar-refractivity contribution in [1.82, 2.24) is 4.48 Å². The van der Waals surface area contributed by atoms with Crippen LogP contribution in [0.1, 0.15) is 58.4 Å². The zero-order valence-electron chi connectivity index (χ0n) is 22.8. The van der Waals surface area contributed by atoms with E-state index in [1.54, 1.807) is 41.1 Å². The van der Waals surface area contributed by atoms with Crippen LogP contribution in [0.4, 0.5) is 5.69 Å². The van der Waals surface area contributed by atoms with Gasteiger partial charge in [-0.25, -0.2) is 9.59 Å². The topological polar surface area (TPSA) is 91.3 Å². The van der Waals surface area contributed by atoms with Gasteiger partial charge in [-0.3, -0.25) is 4.48 Å². The number of carboxylic acid groups (broad SMARTS) is 1. The number of quaternary nitrogens is 1.